The number of carbonyl (C=O) groups excluding carboxylic acids is 1. The van der Waals surface area contributed by atoms with E-state index in [1.807, 2.05) is 4.90 Å². The molecule has 2 heterocycles. The van der Waals surface area contributed by atoms with Crippen LogP contribution in [0.25, 0.3) is 0 Å². The first-order chi connectivity index (χ1) is 10.2. The molecule has 0 saturated carbocycles. The minimum Gasteiger partial charge on any atom is -0.371 e. The van der Waals surface area contributed by atoms with Crippen molar-refractivity contribution in [2.75, 3.05) is 19.6 Å². The molecule has 2 saturated heterocycles. The van der Waals surface area contributed by atoms with E-state index < -0.39 is 0 Å². The lowest BCUT2D eigenvalue weighted by atomic mass is 10.1. The normalized spacial score (nSPS) is 23.6. The molecule has 2 aliphatic heterocycles. The maximum absolute atomic E-state index is 12.6. The van der Waals surface area contributed by atoms with E-state index in [4.69, 9.17) is 22.1 Å². The average Bonchev–Trinajstić information content (AvgIpc) is 2.83. The Morgan fingerprint density at radius 2 is 2.10 bits per heavy atom. The molecule has 21 heavy (non-hydrogen) atoms. The number of likely N-dealkylation sites (tertiary alicyclic amines) is 1. The third kappa shape index (κ3) is 3.06. The highest BCUT2D eigenvalue weighted by molar-refractivity contribution is 6.32. The minimum absolute atomic E-state index is 0.00966. The van der Waals surface area contributed by atoms with Gasteiger partial charge in [0.15, 0.2) is 0 Å². The molecule has 2 unspecified atom stereocenters. The Morgan fingerprint density at radius 3 is 2.71 bits per heavy atom. The highest BCUT2D eigenvalue weighted by Crippen LogP contribution is 2.27. The first-order valence-corrected chi connectivity index (χ1v) is 7.48. The third-order valence-electron chi connectivity index (χ3n) is 3.87. The number of morpholine rings is 1. The number of rotatable bonds is 1. The summed E-state index contributed by atoms with van der Waals surface area (Å²) in [4.78, 5) is 14.4. The second kappa shape index (κ2) is 6.07. The van der Waals surface area contributed by atoms with E-state index in [0.717, 1.165) is 12.8 Å². The Morgan fingerprint density at radius 1 is 1.38 bits per heavy atom. The number of hydrogen-bond donors (Lipinski definition) is 1. The molecular weight excluding hydrogens is 288 g/mol. The number of fused-ring (bicyclic) bond motifs is 2. The monoisotopic (exact) mass is 304 g/mol. The van der Waals surface area contributed by atoms with Gasteiger partial charge in [0.2, 0.25) is 0 Å². The standard InChI is InChI=1S/C16H17ClN2O2/c17-15-8-12(4-3-11(15)2-1-7-18)16(20)19-9-13-5-6-14(10-19)21-13/h3-4,8,13-14H,5-7,9-10,18H2. The molecule has 2 aliphatic rings. The Bertz CT molecular complexity index is 608. The number of nitrogens with zero attached hydrogens (tertiary/aromatic N) is 1. The summed E-state index contributed by atoms with van der Waals surface area (Å²) < 4.78 is 5.75. The van der Waals surface area contributed by atoms with Crippen molar-refractivity contribution in [3.8, 4) is 11.8 Å². The van der Waals surface area contributed by atoms with Crippen LogP contribution in [0.5, 0.6) is 0 Å². The van der Waals surface area contributed by atoms with E-state index in [1.54, 1.807) is 18.2 Å². The van der Waals surface area contributed by atoms with Crippen LogP contribution in [0.1, 0.15) is 28.8 Å². The van der Waals surface area contributed by atoms with Gasteiger partial charge in [-0.3, -0.25) is 4.79 Å². The predicted octanol–water partition coefficient (Wildman–Crippen LogP) is 1.65. The summed E-state index contributed by atoms with van der Waals surface area (Å²) in [7, 11) is 0. The minimum atomic E-state index is 0.00966. The maximum atomic E-state index is 12.6. The van der Waals surface area contributed by atoms with Crippen LogP contribution in [0, 0.1) is 11.8 Å². The smallest absolute Gasteiger partial charge is 0.254 e. The van der Waals surface area contributed by atoms with Crippen LogP contribution in [0.4, 0.5) is 0 Å². The largest absolute Gasteiger partial charge is 0.371 e. The molecule has 0 aromatic heterocycles. The number of amides is 1. The van der Waals surface area contributed by atoms with Gasteiger partial charge in [-0.2, -0.15) is 0 Å². The molecule has 5 heteroatoms. The Kier molecular flexibility index (Phi) is 4.16. The highest BCUT2D eigenvalue weighted by Gasteiger charge is 2.35. The second-order valence-electron chi connectivity index (χ2n) is 5.37. The van der Waals surface area contributed by atoms with Gasteiger partial charge in [0.1, 0.15) is 0 Å². The molecule has 2 atom stereocenters. The number of halogens is 1. The molecule has 0 aliphatic carbocycles. The van der Waals surface area contributed by atoms with Crippen LogP contribution in [0.2, 0.25) is 5.02 Å². The highest BCUT2D eigenvalue weighted by atomic mass is 35.5. The van der Waals surface area contributed by atoms with Gasteiger partial charge in [-0.25, -0.2) is 0 Å². The van der Waals surface area contributed by atoms with Crippen molar-refractivity contribution in [2.24, 2.45) is 5.73 Å². The second-order valence-corrected chi connectivity index (χ2v) is 5.78. The maximum Gasteiger partial charge on any atom is 0.254 e. The van der Waals surface area contributed by atoms with Gasteiger partial charge in [-0.15, -0.1) is 0 Å². The molecule has 2 bridgehead atoms. The van der Waals surface area contributed by atoms with E-state index >= 15 is 0 Å². The molecule has 1 amide bonds. The van der Waals surface area contributed by atoms with Crippen LogP contribution in [-0.2, 0) is 4.74 Å². The molecule has 3 rings (SSSR count). The van der Waals surface area contributed by atoms with Crippen molar-refractivity contribution < 1.29 is 9.53 Å². The Balaban J connectivity index is 1.77. The van der Waals surface area contributed by atoms with Gasteiger partial charge in [0, 0.05) is 24.2 Å². The molecule has 2 fully saturated rings. The summed E-state index contributed by atoms with van der Waals surface area (Å²) >= 11 is 6.18. The fourth-order valence-corrected chi connectivity index (χ4v) is 3.09. The predicted molar refractivity (Wildman–Crippen MR) is 81.2 cm³/mol. The zero-order valence-electron chi connectivity index (χ0n) is 11.6. The average molecular weight is 305 g/mol. The molecule has 4 nitrogen and oxygen atoms in total. The summed E-state index contributed by atoms with van der Waals surface area (Å²) in [5.41, 5.74) is 6.64. The van der Waals surface area contributed by atoms with E-state index in [1.165, 1.54) is 0 Å². The first-order valence-electron chi connectivity index (χ1n) is 7.10. The lowest BCUT2D eigenvalue weighted by Crippen LogP contribution is -2.45. The van der Waals surface area contributed by atoms with Gasteiger partial charge in [0.05, 0.1) is 23.8 Å². The molecule has 0 radical (unpaired) electrons. The van der Waals surface area contributed by atoms with Crippen LogP contribution in [0.3, 0.4) is 0 Å². The zero-order chi connectivity index (χ0) is 14.8. The zero-order valence-corrected chi connectivity index (χ0v) is 12.4. The van der Waals surface area contributed by atoms with E-state index in [0.29, 0.717) is 29.2 Å². The van der Waals surface area contributed by atoms with Crippen molar-refractivity contribution in [3.05, 3.63) is 34.3 Å². The molecular formula is C16H17ClN2O2. The summed E-state index contributed by atoms with van der Waals surface area (Å²) in [5, 5.41) is 0.484. The third-order valence-corrected chi connectivity index (χ3v) is 4.18. The van der Waals surface area contributed by atoms with Gasteiger partial charge < -0.3 is 15.4 Å². The van der Waals surface area contributed by atoms with Gasteiger partial charge in [0.25, 0.3) is 5.91 Å². The van der Waals surface area contributed by atoms with Crippen molar-refractivity contribution in [2.45, 2.75) is 25.0 Å². The SMILES string of the molecule is NCC#Cc1ccc(C(=O)N2CC3CCC(C2)O3)cc1Cl. The van der Waals surface area contributed by atoms with Crippen molar-refractivity contribution in [1.29, 1.82) is 0 Å². The van der Waals surface area contributed by atoms with Crippen molar-refractivity contribution in [3.63, 3.8) is 0 Å². The van der Waals surface area contributed by atoms with E-state index in [2.05, 4.69) is 11.8 Å². The van der Waals surface area contributed by atoms with Gasteiger partial charge in [-0.05, 0) is 31.0 Å². The topological polar surface area (TPSA) is 55.6 Å². The number of ether oxygens (including phenoxy) is 1. The summed E-state index contributed by atoms with van der Waals surface area (Å²) in [6.07, 6.45) is 2.47. The first kappa shape index (κ1) is 14.4. The Labute approximate surface area is 129 Å². The number of benzene rings is 1. The lowest BCUT2D eigenvalue weighted by molar-refractivity contribution is -0.0303. The molecule has 1 aromatic rings. The van der Waals surface area contributed by atoms with E-state index in [-0.39, 0.29) is 24.7 Å². The fraction of sp³-hybridized carbons (Fsp3) is 0.438. The number of hydrogen-bond acceptors (Lipinski definition) is 3. The Hall–Kier alpha value is -1.54. The van der Waals surface area contributed by atoms with Gasteiger partial charge in [-0.1, -0.05) is 23.4 Å². The molecule has 2 N–H and O–H groups in total. The van der Waals surface area contributed by atoms with Gasteiger partial charge >= 0.3 is 0 Å². The molecule has 0 spiro atoms. The van der Waals surface area contributed by atoms with E-state index in [9.17, 15) is 4.79 Å². The lowest BCUT2D eigenvalue weighted by Gasteiger charge is -2.32. The number of nitrogens with two attached hydrogens (primary N) is 1. The van der Waals surface area contributed by atoms with Crippen LogP contribution in [-0.4, -0.2) is 42.6 Å². The van der Waals surface area contributed by atoms with Crippen molar-refractivity contribution >= 4 is 17.5 Å². The summed E-state index contributed by atoms with van der Waals surface area (Å²) in [6, 6.07) is 5.22. The quantitative estimate of drug-likeness (QED) is 0.803. The van der Waals surface area contributed by atoms with Crippen LogP contribution >= 0.6 is 11.6 Å². The fourth-order valence-electron chi connectivity index (χ4n) is 2.86. The van der Waals surface area contributed by atoms with Crippen molar-refractivity contribution in [1.82, 2.24) is 4.90 Å². The molecule has 1 aromatic carbocycles. The van der Waals surface area contributed by atoms with Crippen LogP contribution in [0.15, 0.2) is 18.2 Å². The number of carbonyl (C=O) groups is 1. The summed E-state index contributed by atoms with van der Waals surface area (Å²) in [5.74, 6) is 5.66. The van der Waals surface area contributed by atoms with Crippen LogP contribution < -0.4 is 5.73 Å². The summed E-state index contributed by atoms with van der Waals surface area (Å²) in [6.45, 7) is 1.62. The molecule has 110 valence electrons.